The fourth-order valence-electron chi connectivity index (χ4n) is 3.17. The third-order valence-electron chi connectivity index (χ3n) is 4.49. The van der Waals surface area contributed by atoms with E-state index in [-0.39, 0.29) is 12.1 Å². The van der Waals surface area contributed by atoms with Gasteiger partial charge in [0.2, 0.25) is 0 Å². The van der Waals surface area contributed by atoms with Gasteiger partial charge in [-0.05, 0) is 31.1 Å². The molecule has 0 radical (unpaired) electrons. The highest BCUT2D eigenvalue weighted by Gasteiger charge is 2.25. The molecule has 2 fully saturated rings. The molecular formula is C14H26N2O2. The molecule has 3 unspecified atom stereocenters. The Kier molecular flexibility index (Phi) is 4.87. The van der Waals surface area contributed by atoms with Gasteiger partial charge in [-0.25, -0.2) is 4.79 Å². The van der Waals surface area contributed by atoms with Crippen molar-refractivity contribution in [1.82, 2.24) is 10.2 Å². The summed E-state index contributed by atoms with van der Waals surface area (Å²) in [5.41, 5.74) is 0. The van der Waals surface area contributed by atoms with E-state index in [2.05, 4.69) is 12.2 Å². The van der Waals surface area contributed by atoms with E-state index >= 15 is 0 Å². The quantitative estimate of drug-likeness (QED) is 0.791. The lowest BCUT2D eigenvalue weighted by Crippen LogP contribution is -2.48. The Morgan fingerprint density at radius 2 is 2.06 bits per heavy atom. The maximum Gasteiger partial charge on any atom is 0.317 e. The van der Waals surface area contributed by atoms with Gasteiger partial charge in [0, 0.05) is 19.6 Å². The van der Waals surface area contributed by atoms with Crippen LogP contribution in [0.4, 0.5) is 4.79 Å². The van der Waals surface area contributed by atoms with Gasteiger partial charge in [0.05, 0.1) is 6.10 Å². The summed E-state index contributed by atoms with van der Waals surface area (Å²) in [5.74, 6) is 1.36. The van der Waals surface area contributed by atoms with E-state index in [0.717, 1.165) is 31.8 Å². The first-order valence-corrected chi connectivity index (χ1v) is 7.37. The van der Waals surface area contributed by atoms with Crippen molar-refractivity contribution in [2.75, 3.05) is 19.6 Å². The number of hydrogen-bond acceptors (Lipinski definition) is 2. The number of urea groups is 1. The van der Waals surface area contributed by atoms with E-state index in [1.54, 1.807) is 4.90 Å². The van der Waals surface area contributed by atoms with Crippen LogP contribution in [-0.2, 0) is 0 Å². The second-order valence-electron chi connectivity index (χ2n) is 5.95. The maximum atomic E-state index is 12.0. The summed E-state index contributed by atoms with van der Waals surface area (Å²) in [6, 6.07) is 0.00604. The van der Waals surface area contributed by atoms with Gasteiger partial charge in [-0.15, -0.1) is 0 Å². The number of aliphatic hydroxyl groups is 1. The molecule has 4 nitrogen and oxygen atoms in total. The molecule has 3 atom stereocenters. The monoisotopic (exact) mass is 254 g/mol. The fourth-order valence-corrected chi connectivity index (χ4v) is 3.17. The van der Waals surface area contributed by atoms with Crippen LogP contribution in [0.1, 0.15) is 45.4 Å². The van der Waals surface area contributed by atoms with Gasteiger partial charge in [0.15, 0.2) is 0 Å². The number of hydrogen-bond donors (Lipinski definition) is 2. The number of carbonyl (C=O) groups excluding carboxylic acids is 1. The minimum atomic E-state index is -0.335. The molecule has 2 aliphatic rings. The van der Waals surface area contributed by atoms with Crippen LogP contribution >= 0.6 is 0 Å². The molecule has 1 heterocycles. The van der Waals surface area contributed by atoms with Crippen molar-refractivity contribution < 1.29 is 9.90 Å². The Bertz CT molecular complexity index is 283. The van der Waals surface area contributed by atoms with E-state index in [9.17, 15) is 9.90 Å². The zero-order chi connectivity index (χ0) is 13.0. The first-order chi connectivity index (χ1) is 8.66. The zero-order valence-electron chi connectivity index (χ0n) is 11.4. The van der Waals surface area contributed by atoms with Gasteiger partial charge in [-0.2, -0.15) is 0 Å². The van der Waals surface area contributed by atoms with Gasteiger partial charge in [-0.3, -0.25) is 0 Å². The molecule has 0 aromatic rings. The molecule has 0 aromatic heterocycles. The standard InChI is InChI=1S/C14H26N2O2/c1-11-5-2-3-6-12(11)9-15-14(18)16-8-4-7-13(17)10-16/h11-13,17H,2-10H2,1H3,(H,15,18). The van der Waals surface area contributed by atoms with Crippen LogP contribution in [0.3, 0.4) is 0 Å². The van der Waals surface area contributed by atoms with Crippen LogP contribution < -0.4 is 5.32 Å². The van der Waals surface area contributed by atoms with Crippen LogP contribution in [0, 0.1) is 11.8 Å². The van der Waals surface area contributed by atoms with Crippen molar-refractivity contribution >= 4 is 6.03 Å². The van der Waals surface area contributed by atoms with Crippen molar-refractivity contribution in [3.05, 3.63) is 0 Å². The van der Waals surface area contributed by atoms with Crippen LogP contribution in [-0.4, -0.2) is 41.8 Å². The molecule has 18 heavy (non-hydrogen) atoms. The summed E-state index contributed by atoms with van der Waals surface area (Å²) < 4.78 is 0. The summed E-state index contributed by atoms with van der Waals surface area (Å²) in [6.45, 7) is 4.36. The molecule has 1 saturated carbocycles. The molecule has 2 N–H and O–H groups in total. The molecule has 4 heteroatoms. The maximum absolute atomic E-state index is 12.0. The van der Waals surface area contributed by atoms with Gasteiger partial charge in [-0.1, -0.05) is 26.2 Å². The Morgan fingerprint density at radius 3 is 2.78 bits per heavy atom. The van der Waals surface area contributed by atoms with Crippen molar-refractivity contribution in [3.63, 3.8) is 0 Å². The van der Waals surface area contributed by atoms with E-state index in [4.69, 9.17) is 0 Å². The summed E-state index contributed by atoms with van der Waals surface area (Å²) >= 11 is 0. The number of β-amino-alcohol motifs (C(OH)–C–C–N with tert-alkyl or cyclic N) is 1. The lowest BCUT2D eigenvalue weighted by atomic mass is 9.80. The van der Waals surface area contributed by atoms with Crippen LogP contribution in [0.5, 0.6) is 0 Å². The van der Waals surface area contributed by atoms with Gasteiger partial charge >= 0.3 is 6.03 Å². The first-order valence-electron chi connectivity index (χ1n) is 7.37. The fraction of sp³-hybridized carbons (Fsp3) is 0.929. The van der Waals surface area contributed by atoms with Crippen molar-refractivity contribution in [2.24, 2.45) is 11.8 Å². The van der Waals surface area contributed by atoms with Gasteiger partial charge in [0.25, 0.3) is 0 Å². The number of nitrogens with zero attached hydrogens (tertiary/aromatic N) is 1. The Morgan fingerprint density at radius 1 is 1.28 bits per heavy atom. The number of nitrogens with one attached hydrogen (secondary N) is 1. The number of likely N-dealkylation sites (tertiary alicyclic amines) is 1. The number of rotatable bonds is 2. The SMILES string of the molecule is CC1CCCCC1CNC(=O)N1CCCC(O)C1. The lowest BCUT2D eigenvalue weighted by Gasteiger charge is -2.32. The number of amides is 2. The average Bonchev–Trinajstić information content (AvgIpc) is 2.37. The molecule has 1 saturated heterocycles. The molecule has 1 aliphatic carbocycles. The summed E-state index contributed by atoms with van der Waals surface area (Å²) in [5, 5.41) is 12.6. The van der Waals surface area contributed by atoms with Crippen molar-refractivity contribution in [3.8, 4) is 0 Å². The third-order valence-corrected chi connectivity index (χ3v) is 4.49. The Labute approximate surface area is 110 Å². The topological polar surface area (TPSA) is 52.6 Å². The normalized spacial score (nSPS) is 33.2. The second kappa shape index (κ2) is 6.41. The highest BCUT2D eigenvalue weighted by Crippen LogP contribution is 2.28. The predicted octanol–water partition coefficient (Wildman–Crippen LogP) is 1.98. The summed E-state index contributed by atoms with van der Waals surface area (Å²) in [6.07, 6.45) is 6.57. The predicted molar refractivity (Wildman–Crippen MR) is 71.3 cm³/mol. The van der Waals surface area contributed by atoms with E-state index < -0.39 is 0 Å². The van der Waals surface area contributed by atoms with Crippen LogP contribution in [0.15, 0.2) is 0 Å². The highest BCUT2D eigenvalue weighted by atomic mass is 16.3. The van der Waals surface area contributed by atoms with E-state index in [1.165, 1.54) is 25.7 Å². The lowest BCUT2D eigenvalue weighted by molar-refractivity contribution is 0.0833. The molecule has 0 aromatic carbocycles. The van der Waals surface area contributed by atoms with Gasteiger partial charge in [0.1, 0.15) is 0 Å². The molecule has 2 rings (SSSR count). The zero-order valence-corrected chi connectivity index (χ0v) is 11.4. The Balaban J connectivity index is 1.73. The van der Waals surface area contributed by atoms with Crippen molar-refractivity contribution in [1.29, 1.82) is 0 Å². The van der Waals surface area contributed by atoms with Crippen LogP contribution in [0.2, 0.25) is 0 Å². The summed E-state index contributed by atoms with van der Waals surface area (Å²) in [4.78, 5) is 13.7. The smallest absolute Gasteiger partial charge is 0.317 e. The third kappa shape index (κ3) is 3.61. The molecular weight excluding hydrogens is 228 g/mol. The molecule has 1 aliphatic heterocycles. The summed E-state index contributed by atoms with van der Waals surface area (Å²) in [7, 11) is 0. The number of piperidine rings is 1. The van der Waals surface area contributed by atoms with Gasteiger partial charge < -0.3 is 15.3 Å². The first kappa shape index (κ1) is 13.7. The minimum Gasteiger partial charge on any atom is -0.391 e. The second-order valence-corrected chi connectivity index (χ2v) is 5.95. The van der Waals surface area contributed by atoms with E-state index in [0.29, 0.717) is 12.5 Å². The molecule has 0 spiro atoms. The van der Waals surface area contributed by atoms with Crippen LogP contribution in [0.25, 0.3) is 0 Å². The molecule has 104 valence electrons. The Hall–Kier alpha value is -0.770. The average molecular weight is 254 g/mol. The van der Waals surface area contributed by atoms with E-state index in [1.807, 2.05) is 0 Å². The minimum absolute atomic E-state index is 0.00604. The largest absolute Gasteiger partial charge is 0.391 e. The number of carbonyl (C=O) groups is 1. The molecule has 0 bridgehead atoms. The number of aliphatic hydroxyl groups excluding tert-OH is 1. The highest BCUT2D eigenvalue weighted by molar-refractivity contribution is 5.74. The molecule has 2 amide bonds. The van der Waals surface area contributed by atoms with Crippen molar-refractivity contribution in [2.45, 2.75) is 51.6 Å².